The Morgan fingerprint density at radius 1 is 1.38 bits per heavy atom. The van der Waals surface area contributed by atoms with Crippen molar-refractivity contribution in [1.82, 2.24) is 4.98 Å². The Balaban J connectivity index is 2.33. The third kappa shape index (κ3) is 3.35. The van der Waals surface area contributed by atoms with Gasteiger partial charge in [-0.25, -0.2) is 4.98 Å². The second-order valence-corrected chi connectivity index (χ2v) is 5.73. The largest absolute Gasteiger partial charge is 0.306 e. The van der Waals surface area contributed by atoms with Crippen molar-refractivity contribution in [1.29, 1.82) is 0 Å². The number of carbonyl (C=O) groups is 1. The highest BCUT2D eigenvalue weighted by Gasteiger charge is 2.18. The molecule has 1 amide bonds. The number of aromatic nitrogens is 1. The molecular formula is C14H12IN3O3. The molecule has 0 spiro atoms. The summed E-state index contributed by atoms with van der Waals surface area (Å²) in [5, 5.41) is 13.6. The number of nitro benzene ring substituents is 1. The lowest BCUT2D eigenvalue weighted by Crippen LogP contribution is -2.15. The molecule has 6 nitrogen and oxygen atoms in total. The van der Waals surface area contributed by atoms with Crippen LogP contribution in [-0.2, 0) is 0 Å². The molecule has 0 radical (unpaired) electrons. The highest BCUT2D eigenvalue weighted by atomic mass is 127. The molecule has 0 aliphatic rings. The molecule has 1 aromatic carbocycles. The summed E-state index contributed by atoms with van der Waals surface area (Å²) >= 11 is 2.13. The normalized spacial score (nSPS) is 10.2. The van der Waals surface area contributed by atoms with Crippen LogP contribution in [-0.4, -0.2) is 15.8 Å². The molecule has 1 aromatic heterocycles. The summed E-state index contributed by atoms with van der Waals surface area (Å²) in [6, 6.07) is 6.32. The first kappa shape index (κ1) is 15.4. The van der Waals surface area contributed by atoms with E-state index in [2.05, 4.69) is 32.9 Å². The highest BCUT2D eigenvalue weighted by Crippen LogP contribution is 2.22. The van der Waals surface area contributed by atoms with Gasteiger partial charge in [-0.3, -0.25) is 14.9 Å². The van der Waals surface area contributed by atoms with Crippen molar-refractivity contribution in [2.24, 2.45) is 0 Å². The Hall–Kier alpha value is -2.03. The molecule has 0 fully saturated rings. The van der Waals surface area contributed by atoms with Gasteiger partial charge in [0.15, 0.2) is 0 Å². The zero-order valence-electron chi connectivity index (χ0n) is 11.4. The Morgan fingerprint density at radius 3 is 2.71 bits per heavy atom. The zero-order valence-corrected chi connectivity index (χ0v) is 13.5. The number of rotatable bonds is 3. The lowest BCUT2D eigenvalue weighted by Gasteiger charge is -2.09. The summed E-state index contributed by atoms with van der Waals surface area (Å²) in [5.74, 6) is 0.0410. The maximum absolute atomic E-state index is 12.3. The van der Waals surface area contributed by atoms with Crippen molar-refractivity contribution in [3.05, 3.63) is 60.8 Å². The first-order chi connectivity index (χ1) is 9.90. The van der Waals surface area contributed by atoms with Crippen molar-refractivity contribution in [3.8, 4) is 0 Å². The number of anilines is 1. The minimum absolute atomic E-state index is 0.0741. The molecule has 1 N–H and O–H groups in total. The van der Waals surface area contributed by atoms with E-state index < -0.39 is 10.8 Å². The van der Waals surface area contributed by atoms with E-state index in [-0.39, 0.29) is 11.3 Å². The number of aryl methyl sites for hydroxylation is 1. The Labute approximate surface area is 134 Å². The molecule has 2 aromatic rings. The summed E-state index contributed by atoms with van der Waals surface area (Å²) in [5.41, 5.74) is 1.36. The molecule has 0 aliphatic carbocycles. The van der Waals surface area contributed by atoms with Crippen LogP contribution in [0.1, 0.15) is 21.5 Å². The van der Waals surface area contributed by atoms with Crippen LogP contribution >= 0.6 is 22.6 Å². The molecule has 1 heterocycles. The van der Waals surface area contributed by atoms with E-state index in [0.717, 1.165) is 9.13 Å². The predicted molar refractivity (Wildman–Crippen MR) is 87.5 cm³/mol. The molecule has 0 aliphatic heterocycles. The van der Waals surface area contributed by atoms with E-state index in [1.807, 2.05) is 13.0 Å². The SMILES string of the molecule is Cc1cc(I)cnc1NC(=O)c1cccc([N+](=O)[O-])c1C. The average molecular weight is 397 g/mol. The number of nitro groups is 1. The van der Waals surface area contributed by atoms with Crippen LogP contribution in [0.5, 0.6) is 0 Å². The predicted octanol–water partition coefficient (Wildman–Crippen LogP) is 3.46. The third-order valence-electron chi connectivity index (χ3n) is 3.02. The van der Waals surface area contributed by atoms with Crippen LogP contribution in [0.25, 0.3) is 0 Å². The van der Waals surface area contributed by atoms with E-state index in [0.29, 0.717) is 11.4 Å². The number of nitrogens with zero attached hydrogens (tertiary/aromatic N) is 2. The number of amides is 1. The molecule has 0 unspecified atom stereocenters. The van der Waals surface area contributed by atoms with Gasteiger partial charge in [-0.2, -0.15) is 0 Å². The summed E-state index contributed by atoms with van der Waals surface area (Å²) in [6.45, 7) is 3.40. The lowest BCUT2D eigenvalue weighted by atomic mass is 10.1. The van der Waals surface area contributed by atoms with Gasteiger partial charge < -0.3 is 5.32 Å². The molecule has 0 atom stereocenters. The number of benzene rings is 1. The van der Waals surface area contributed by atoms with E-state index in [4.69, 9.17) is 0 Å². The second-order valence-electron chi connectivity index (χ2n) is 4.48. The summed E-state index contributed by atoms with van der Waals surface area (Å²) < 4.78 is 0.967. The van der Waals surface area contributed by atoms with Crippen molar-refractivity contribution < 1.29 is 9.72 Å². The maximum Gasteiger partial charge on any atom is 0.273 e. The fourth-order valence-electron chi connectivity index (χ4n) is 1.91. The highest BCUT2D eigenvalue weighted by molar-refractivity contribution is 14.1. The minimum Gasteiger partial charge on any atom is -0.306 e. The standard InChI is InChI=1S/C14H12IN3O3/c1-8-6-10(15)7-16-13(8)17-14(19)11-4-3-5-12(9(11)2)18(20)21/h3-7H,1-2H3,(H,16,17,19). The first-order valence-electron chi connectivity index (χ1n) is 6.07. The van der Waals surface area contributed by atoms with E-state index in [9.17, 15) is 14.9 Å². The maximum atomic E-state index is 12.3. The van der Waals surface area contributed by atoms with Crippen LogP contribution in [0.15, 0.2) is 30.5 Å². The summed E-state index contributed by atoms with van der Waals surface area (Å²) in [4.78, 5) is 26.8. The molecule has 21 heavy (non-hydrogen) atoms. The van der Waals surface area contributed by atoms with Gasteiger partial charge in [0.05, 0.1) is 4.92 Å². The summed E-state index contributed by atoms with van der Waals surface area (Å²) in [6.07, 6.45) is 1.64. The summed E-state index contributed by atoms with van der Waals surface area (Å²) in [7, 11) is 0. The van der Waals surface area contributed by atoms with Crippen LogP contribution in [0.4, 0.5) is 11.5 Å². The monoisotopic (exact) mass is 397 g/mol. The number of hydrogen-bond donors (Lipinski definition) is 1. The van der Waals surface area contributed by atoms with E-state index in [1.165, 1.54) is 12.1 Å². The number of pyridine rings is 1. The van der Waals surface area contributed by atoms with Gasteiger partial charge in [-0.1, -0.05) is 6.07 Å². The number of hydrogen-bond acceptors (Lipinski definition) is 4. The van der Waals surface area contributed by atoms with Crippen molar-refractivity contribution >= 4 is 40.0 Å². The molecule has 0 saturated carbocycles. The van der Waals surface area contributed by atoms with Gasteiger partial charge in [-0.15, -0.1) is 0 Å². The molecule has 0 saturated heterocycles. The van der Waals surface area contributed by atoms with Gasteiger partial charge in [0.25, 0.3) is 11.6 Å². The molecule has 0 bridgehead atoms. The Bertz CT molecular complexity index is 731. The quantitative estimate of drug-likeness (QED) is 0.488. The van der Waals surface area contributed by atoms with E-state index >= 15 is 0 Å². The number of nitrogens with one attached hydrogen (secondary N) is 1. The number of halogens is 1. The second kappa shape index (κ2) is 6.17. The lowest BCUT2D eigenvalue weighted by molar-refractivity contribution is -0.385. The Kier molecular flexibility index (Phi) is 4.51. The first-order valence-corrected chi connectivity index (χ1v) is 7.15. The molecule has 7 heteroatoms. The average Bonchev–Trinajstić information content (AvgIpc) is 2.41. The van der Waals surface area contributed by atoms with Gasteiger partial charge in [0, 0.05) is 27.0 Å². The van der Waals surface area contributed by atoms with Crippen molar-refractivity contribution in [2.45, 2.75) is 13.8 Å². The fraction of sp³-hybridized carbons (Fsp3) is 0.143. The minimum atomic E-state index is -0.500. The van der Waals surface area contributed by atoms with Crippen molar-refractivity contribution in [3.63, 3.8) is 0 Å². The van der Waals surface area contributed by atoms with Gasteiger partial charge in [0.1, 0.15) is 5.82 Å². The van der Waals surface area contributed by atoms with Crippen LogP contribution in [0.2, 0.25) is 0 Å². The smallest absolute Gasteiger partial charge is 0.273 e. The molecular weight excluding hydrogens is 385 g/mol. The van der Waals surface area contributed by atoms with Crippen molar-refractivity contribution in [2.75, 3.05) is 5.32 Å². The zero-order chi connectivity index (χ0) is 15.6. The van der Waals surface area contributed by atoms with Crippen LogP contribution in [0.3, 0.4) is 0 Å². The van der Waals surface area contributed by atoms with E-state index in [1.54, 1.807) is 19.2 Å². The van der Waals surface area contributed by atoms with Crippen LogP contribution < -0.4 is 5.32 Å². The fourth-order valence-corrected chi connectivity index (χ4v) is 2.52. The van der Waals surface area contributed by atoms with Gasteiger partial charge in [-0.05, 0) is 54.1 Å². The number of carbonyl (C=O) groups excluding carboxylic acids is 1. The van der Waals surface area contributed by atoms with Gasteiger partial charge in [0.2, 0.25) is 0 Å². The topological polar surface area (TPSA) is 85.1 Å². The molecule has 108 valence electrons. The Morgan fingerprint density at radius 2 is 2.10 bits per heavy atom. The van der Waals surface area contributed by atoms with Gasteiger partial charge >= 0.3 is 0 Å². The molecule has 2 rings (SSSR count). The third-order valence-corrected chi connectivity index (χ3v) is 3.61. The van der Waals surface area contributed by atoms with Crippen LogP contribution in [0, 0.1) is 27.5 Å².